The van der Waals surface area contributed by atoms with Gasteiger partial charge in [0, 0.05) is 15.8 Å². The SMILES string of the molecule is CC(C)c1ccc(NS(=O)(=O)c2ccc(N)cc2Br)cc1. The lowest BCUT2D eigenvalue weighted by Crippen LogP contribution is -2.13. The van der Waals surface area contributed by atoms with E-state index in [2.05, 4.69) is 34.5 Å². The van der Waals surface area contributed by atoms with Crippen molar-refractivity contribution in [1.29, 1.82) is 0 Å². The third-order valence-corrected chi connectivity index (χ3v) is 5.43. The molecule has 0 aliphatic heterocycles. The first kappa shape index (κ1) is 15.9. The maximum atomic E-state index is 12.4. The molecule has 2 rings (SSSR count). The molecular formula is C15H17BrN2O2S. The number of nitrogens with one attached hydrogen (secondary N) is 1. The highest BCUT2D eigenvalue weighted by Crippen LogP contribution is 2.26. The van der Waals surface area contributed by atoms with Crippen LogP contribution in [0, 0.1) is 0 Å². The number of sulfonamides is 1. The van der Waals surface area contributed by atoms with Gasteiger partial charge in [0.25, 0.3) is 10.0 Å². The largest absolute Gasteiger partial charge is 0.399 e. The van der Waals surface area contributed by atoms with Crippen LogP contribution in [0.2, 0.25) is 0 Å². The van der Waals surface area contributed by atoms with Crippen LogP contribution >= 0.6 is 15.9 Å². The third-order valence-electron chi connectivity index (χ3n) is 3.08. The van der Waals surface area contributed by atoms with Crippen molar-refractivity contribution >= 4 is 37.3 Å². The molecule has 0 heterocycles. The third kappa shape index (κ3) is 3.77. The summed E-state index contributed by atoms with van der Waals surface area (Å²) in [6.45, 7) is 4.18. The van der Waals surface area contributed by atoms with Gasteiger partial charge < -0.3 is 5.73 Å². The van der Waals surface area contributed by atoms with E-state index in [1.165, 1.54) is 6.07 Å². The molecule has 0 radical (unpaired) electrons. The van der Waals surface area contributed by atoms with E-state index in [1.807, 2.05) is 12.1 Å². The molecule has 112 valence electrons. The Balaban J connectivity index is 2.28. The normalized spacial score (nSPS) is 11.6. The number of hydrogen-bond donors (Lipinski definition) is 2. The van der Waals surface area contributed by atoms with Crippen LogP contribution in [0.1, 0.15) is 25.3 Å². The molecule has 0 saturated carbocycles. The Morgan fingerprint density at radius 2 is 1.71 bits per heavy atom. The van der Waals surface area contributed by atoms with Gasteiger partial charge >= 0.3 is 0 Å². The highest BCUT2D eigenvalue weighted by atomic mass is 79.9. The maximum Gasteiger partial charge on any atom is 0.263 e. The molecule has 2 aromatic carbocycles. The highest BCUT2D eigenvalue weighted by molar-refractivity contribution is 9.10. The Kier molecular flexibility index (Phi) is 4.58. The first-order chi connectivity index (χ1) is 9.79. The van der Waals surface area contributed by atoms with Crippen LogP contribution in [0.4, 0.5) is 11.4 Å². The summed E-state index contributed by atoms with van der Waals surface area (Å²) in [4.78, 5) is 0.157. The van der Waals surface area contributed by atoms with Gasteiger partial charge in [-0.05, 0) is 57.7 Å². The minimum Gasteiger partial charge on any atom is -0.399 e. The van der Waals surface area contributed by atoms with Gasteiger partial charge in [-0.3, -0.25) is 4.72 Å². The average molecular weight is 369 g/mol. The second-order valence-corrected chi connectivity index (χ2v) is 7.58. The van der Waals surface area contributed by atoms with E-state index in [1.54, 1.807) is 24.3 Å². The average Bonchev–Trinajstić information content (AvgIpc) is 2.38. The fraction of sp³-hybridized carbons (Fsp3) is 0.200. The topological polar surface area (TPSA) is 72.2 Å². The Bertz CT molecular complexity index is 741. The molecule has 2 aromatic rings. The summed E-state index contributed by atoms with van der Waals surface area (Å²) in [6, 6.07) is 12.0. The van der Waals surface area contributed by atoms with Crippen molar-refractivity contribution in [2.75, 3.05) is 10.5 Å². The first-order valence-corrected chi connectivity index (χ1v) is 8.75. The predicted molar refractivity (Wildman–Crippen MR) is 89.9 cm³/mol. The zero-order valence-corrected chi connectivity index (χ0v) is 14.2. The number of hydrogen-bond acceptors (Lipinski definition) is 3. The summed E-state index contributed by atoms with van der Waals surface area (Å²) in [6.07, 6.45) is 0. The predicted octanol–water partition coefficient (Wildman–Crippen LogP) is 3.96. The number of benzene rings is 2. The van der Waals surface area contributed by atoms with E-state index < -0.39 is 10.0 Å². The molecule has 3 N–H and O–H groups in total. The Morgan fingerprint density at radius 3 is 2.24 bits per heavy atom. The molecule has 0 aromatic heterocycles. The molecular weight excluding hydrogens is 352 g/mol. The van der Waals surface area contributed by atoms with Crippen LogP contribution in [0.25, 0.3) is 0 Å². The van der Waals surface area contributed by atoms with Gasteiger partial charge in [-0.2, -0.15) is 0 Å². The highest BCUT2D eigenvalue weighted by Gasteiger charge is 2.17. The second-order valence-electron chi connectivity index (χ2n) is 5.07. The molecule has 6 heteroatoms. The number of rotatable bonds is 4. The minimum absolute atomic E-state index is 0.157. The van der Waals surface area contributed by atoms with E-state index >= 15 is 0 Å². The van der Waals surface area contributed by atoms with Crippen molar-refractivity contribution < 1.29 is 8.42 Å². The summed E-state index contributed by atoms with van der Waals surface area (Å²) in [7, 11) is -3.65. The summed E-state index contributed by atoms with van der Waals surface area (Å²) in [5.74, 6) is 0.405. The first-order valence-electron chi connectivity index (χ1n) is 6.47. The van der Waals surface area contributed by atoms with Gasteiger partial charge in [-0.15, -0.1) is 0 Å². The summed E-state index contributed by atoms with van der Waals surface area (Å²) >= 11 is 3.23. The monoisotopic (exact) mass is 368 g/mol. The number of nitrogen functional groups attached to an aromatic ring is 1. The standard InChI is InChI=1S/C15H17BrN2O2S/c1-10(2)11-3-6-13(7-4-11)18-21(19,20)15-8-5-12(17)9-14(15)16/h3-10,18H,17H2,1-2H3. The Morgan fingerprint density at radius 1 is 1.10 bits per heavy atom. The molecule has 0 aliphatic rings. The molecule has 4 nitrogen and oxygen atoms in total. The van der Waals surface area contributed by atoms with Crippen LogP contribution in [-0.4, -0.2) is 8.42 Å². The lowest BCUT2D eigenvalue weighted by Gasteiger charge is -2.11. The molecule has 0 unspecified atom stereocenters. The van der Waals surface area contributed by atoms with Crippen LogP contribution < -0.4 is 10.5 Å². The Hall–Kier alpha value is -1.53. The van der Waals surface area contributed by atoms with Crippen molar-refractivity contribution in [2.45, 2.75) is 24.7 Å². The van der Waals surface area contributed by atoms with Gasteiger partial charge in [0.15, 0.2) is 0 Å². The zero-order valence-electron chi connectivity index (χ0n) is 11.8. The quantitative estimate of drug-likeness (QED) is 0.802. The molecule has 21 heavy (non-hydrogen) atoms. The van der Waals surface area contributed by atoms with Gasteiger partial charge in [0.1, 0.15) is 4.90 Å². The van der Waals surface area contributed by atoms with E-state index in [9.17, 15) is 8.42 Å². The van der Waals surface area contributed by atoms with Gasteiger partial charge in [-0.25, -0.2) is 8.42 Å². The summed E-state index contributed by atoms with van der Waals surface area (Å²) in [5.41, 5.74) is 7.81. The summed E-state index contributed by atoms with van der Waals surface area (Å²) in [5, 5.41) is 0. The lowest BCUT2D eigenvalue weighted by molar-refractivity contribution is 0.601. The number of nitrogens with two attached hydrogens (primary N) is 1. The van der Waals surface area contributed by atoms with E-state index in [0.717, 1.165) is 5.56 Å². The van der Waals surface area contributed by atoms with Crippen molar-refractivity contribution in [3.63, 3.8) is 0 Å². The molecule has 0 spiro atoms. The molecule has 0 aliphatic carbocycles. The van der Waals surface area contributed by atoms with Crippen molar-refractivity contribution in [2.24, 2.45) is 0 Å². The fourth-order valence-electron chi connectivity index (χ4n) is 1.88. The summed E-state index contributed by atoms with van der Waals surface area (Å²) < 4.78 is 27.7. The number of halogens is 1. The van der Waals surface area contributed by atoms with Crippen molar-refractivity contribution in [3.05, 3.63) is 52.5 Å². The van der Waals surface area contributed by atoms with Gasteiger partial charge in [0.2, 0.25) is 0 Å². The molecule has 0 bridgehead atoms. The van der Waals surface area contributed by atoms with Crippen molar-refractivity contribution in [1.82, 2.24) is 0 Å². The maximum absolute atomic E-state index is 12.4. The smallest absolute Gasteiger partial charge is 0.263 e. The van der Waals surface area contributed by atoms with E-state index in [-0.39, 0.29) is 4.90 Å². The van der Waals surface area contributed by atoms with E-state index in [4.69, 9.17) is 5.73 Å². The minimum atomic E-state index is -3.65. The van der Waals surface area contributed by atoms with Crippen LogP contribution in [-0.2, 0) is 10.0 Å². The van der Waals surface area contributed by atoms with Crippen molar-refractivity contribution in [3.8, 4) is 0 Å². The second kappa shape index (κ2) is 6.07. The van der Waals surface area contributed by atoms with E-state index in [0.29, 0.717) is 21.8 Å². The molecule has 0 saturated heterocycles. The van der Waals surface area contributed by atoms with Gasteiger partial charge in [0.05, 0.1) is 0 Å². The number of anilines is 2. The molecule has 0 fully saturated rings. The Labute approximate surface area is 133 Å². The lowest BCUT2D eigenvalue weighted by atomic mass is 10.0. The zero-order chi connectivity index (χ0) is 15.6. The van der Waals surface area contributed by atoms with Crippen LogP contribution in [0.5, 0.6) is 0 Å². The van der Waals surface area contributed by atoms with Gasteiger partial charge in [-0.1, -0.05) is 26.0 Å². The van der Waals surface area contributed by atoms with Crippen LogP contribution in [0.3, 0.4) is 0 Å². The molecule has 0 amide bonds. The molecule has 0 atom stereocenters. The fourth-order valence-corrected chi connectivity index (χ4v) is 4.04. The van der Waals surface area contributed by atoms with Crippen LogP contribution in [0.15, 0.2) is 51.8 Å².